The van der Waals surface area contributed by atoms with Gasteiger partial charge in [-0.15, -0.1) is 0 Å². The van der Waals surface area contributed by atoms with Gasteiger partial charge >= 0.3 is 0 Å². The van der Waals surface area contributed by atoms with Crippen LogP contribution in [-0.4, -0.2) is 10.2 Å². The summed E-state index contributed by atoms with van der Waals surface area (Å²) in [7, 11) is 0. The number of halogens is 2. The second-order valence-electron chi connectivity index (χ2n) is 6.78. The van der Waals surface area contributed by atoms with Gasteiger partial charge in [-0.3, -0.25) is 0 Å². The summed E-state index contributed by atoms with van der Waals surface area (Å²) in [4.78, 5) is 0. The molecule has 0 aromatic heterocycles. The molecule has 4 nitrogen and oxygen atoms in total. The molecule has 0 amide bonds. The zero-order chi connectivity index (χ0) is 20.6. The lowest BCUT2D eigenvalue weighted by molar-refractivity contribution is 0.473. The molecule has 146 valence electrons. The third kappa shape index (κ3) is 3.08. The molecule has 1 heterocycles. The van der Waals surface area contributed by atoms with Crippen LogP contribution in [0, 0.1) is 5.82 Å². The highest BCUT2D eigenvalue weighted by Crippen LogP contribution is 2.52. The number of azo groups is 1. The minimum Gasteiger partial charge on any atom is -0.508 e. The van der Waals surface area contributed by atoms with E-state index >= 15 is 4.39 Å². The zero-order valence-electron chi connectivity index (χ0n) is 15.6. The molecule has 1 unspecified atom stereocenters. The molecule has 1 atom stereocenters. The van der Waals surface area contributed by atoms with Crippen LogP contribution < -0.4 is 0 Å². The molecule has 0 spiro atoms. The first-order chi connectivity index (χ1) is 14.0. The molecule has 1 aliphatic rings. The number of phenols is 2. The van der Waals surface area contributed by atoms with Gasteiger partial charge in [0.25, 0.3) is 0 Å². The molecule has 0 saturated heterocycles. The minimum atomic E-state index is -1.25. The predicted molar refractivity (Wildman–Crippen MR) is 110 cm³/mol. The van der Waals surface area contributed by atoms with Gasteiger partial charge in [0.2, 0.25) is 0 Å². The highest BCUT2D eigenvalue weighted by Gasteiger charge is 2.46. The normalized spacial score (nSPS) is 18.4. The Morgan fingerprint density at radius 3 is 2.14 bits per heavy atom. The lowest BCUT2D eigenvalue weighted by Crippen LogP contribution is -2.28. The van der Waals surface area contributed by atoms with Crippen LogP contribution in [0.5, 0.6) is 11.5 Å². The zero-order valence-corrected chi connectivity index (χ0v) is 16.4. The van der Waals surface area contributed by atoms with Crippen LogP contribution in [-0.2, 0) is 5.54 Å². The third-order valence-corrected chi connectivity index (χ3v) is 5.44. The van der Waals surface area contributed by atoms with Crippen LogP contribution in [0.1, 0.15) is 30.0 Å². The van der Waals surface area contributed by atoms with Crippen molar-refractivity contribution in [3.63, 3.8) is 0 Å². The number of hydrogen-bond donors (Lipinski definition) is 2. The van der Waals surface area contributed by atoms with Crippen LogP contribution >= 0.6 is 11.6 Å². The van der Waals surface area contributed by atoms with Crippen molar-refractivity contribution >= 4 is 17.3 Å². The van der Waals surface area contributed by atoms with Gasteiger partial charge < -0.3 is 10.2 Å². The summed E-state index contributed by atoms with van der Waals surface area (Å²) in [5.41, 5.74) is 1.77. The maximum atomic E-state index is 15.1. The van der Waals surface area contributed by atoms with Crippen LogP contribution in [0.3, 0.4) is 0 Å². The number of benzene rings is 3. The van der Waals surface area contributed by atoms with Gasteiger partial charge in [0.1, 0.15) is 17.3 Å². The van der Waals surface area contributed by atoms with E-state index in [9.17, 15) is 10.2 Å². The van der Waals surface area contributed by atoms with Crippen molar-refractivity contribution in [3.05, 3.63) is 99.8 Å². The first-order valence-corrected chi connectivity index (χ1v) is 9.55. The topological polar surface area (TPSA) is 65.2 Å². The van der Waals surface area contributed by atoms with E-state index in [1.54, 1.807) is 48.5 Å². The highest BCUT2D eigenvalue weighted by molar-refractivity contribution is 6.31. The molecule has 29 heavy (non-hydrogen) atoms. The van der Waals surface area contributed by atoms with E-state index in [2.05, 4.69) is 10.2 Å². The van der Waals surface area contributed by atoms with Crippen molar-refractivity contribution in [2.45, 2.75) is 18.9 Å². The monoisotopic (exact) mass is 408 g/mol. The smallest absolute Gasteiger partial charge is 0.160 e. The Morgan fingerprint density at radius 1 is 0.931 bits per heavy atom. The van der Waals surface area contributed by atoms with Crippen molar-refractivity contribution in [3.8, 4) is 11.5 Å². The fraction of sp³-hybridized carbons (Fsp3) is 0.130. The van der Waals surface area contributed by atoms with Crippen LogP contribution in [0.25, 0.3) is 5.70 Å². The summed E-state index contributed by atoms with van der Waals surface area (Å²) in [5, 5.41) is 28.6. The van der Waals surface area contributed by atoms with Gasteiger partial charge in [0.05, 0.1) is 5.70 Å². The molecular formula is C23H18ClFN2O2. The molecule has 0 fully saturated rings. The second kappa shape index (κ2) is 7.33. The molecule has 4 rings (SSSR count). The first-order valence-electron chi connectivity index (χ1n) is 9.17. The molecule has 6 heteroatoms. The third-order valence-electron chi connectivity index (χ3n) is 5.13. The largest absolute Gasteiger partial charge is 0.508 e. The summed E-state index contributed by atoms with van der Waals surface area (Å²) in [6.45, 7) is 1.95. The lowest BCUT2D eigenvalue weighted by Gasteiger charge is -2.30. The highest BCUT2D eigenvalue weighted by atomic mass is 35.5. The molecule has 0 radical (unpaired) electrons. The van der Waals surface area contributed by atoms with Gasteiger partial charge in [-0.1, -0.05) is 36.7 Å². The molecule has 0 aliphatic carbocycles. The summed E-state index contributed by atoms with van der Waals surface area (Å²) in [5.74, 6) is -0.244. The Balaban J connectivity index is 2.05. The van der Waals surface area contributed by atoms with Crippen molar-refractivity contribution in [1.82, 2.24) is 0 Å². The van der Waals surface area contributed by atoms with Crippen molar-refractivity contribution in [2.24, 2.45) is 10.2 Å². The first kappa shape index (κ1) is 19.2. The van der Waals surface area contributed by atoms with E-state index in [0.717, 1.165) is 11.1 Å². The minimum absolute atomic E-state index is 0.0965. The number of nitrogens with zero attached hydrogens (tertiary/aromatic N) is 2. The van der Waals surface area contributed by atoms with Crippen LogP contribution in [0.4, 0.5) is 4.39 Å². The van der Waals surface area contributed by atoms with Crippen LogP contribution in [0.15, 0.2) is 82.5 Å². The Labute approximate surface area is 172 Å². The summed E-state index contributed by atoms with van der Waals surface area (Å²) < 4.78 is 15.1. The number of aromatic hydroxyl groups is 2. The van der Waals surface area contributed by atoms with Crippen molar-refractivity contribution in [1.29, 1.82) is 0 Å². The fourth-order valence-corrected chi connectivity index (χ4v) is 4.11. The predicted octanol–water partition coefficient (Wildman–Crippen LogP) is 6.42. The fourth-order valence-electron chi connectivity index (χ4n) is 3.81. The molecular weight excluding hydrogens is 391 g/mol. The van der Waals surface area contributed by atoms with Gasteiger partial charge in [0.15, 0.2) is 5.54 Å². The van der Waals surface area contributed by atoms with Gasteiger partial charge in [-0.2, -0.15) is 10.2 Å². The average molecular weight is 409 g/mol. The molecule has 1 aliphatic heterocycles. The lowest BCUT2D eigenvalue weighted by atomic mass is 9.75. The average Bonchev–Trinajstić information content (AvgIpc) is 3.09. The second-order valence-corrected chi connectivity index (χ2v) is 7.19. The number of rotatable bonds is 4. The van der Waals surface area contributed by atoms with E-state index in [0.29, 0.717) is 17.7 Å². The van der Waals surface area contributed by atoms with Gasteiger partial charge in [-0.05, 0) is 66.1 Å². The van der Waals surface area contributed by atoms with Crippen LogP contribution in [0.2, 0.25) is 5.02 Å². The number of hydrogen-bond acceptors (Lipinski definition) is 4. The van der Waals surface area contributed by atoms with E-state index in [4.69, 9.17) is 11.6 Å². The quantitative estimate of drug-likeness (QED) is 0.523. The number of phenolic OH excluding ortho intramolecular Hbond substituents is 2. The molecule has 3 aromatic carbocycles. The molecule has 0 bridgehead atoms. The molecule has 2 N–H and O–H groups in total. The summed E-state index contributed by atoms with van der Waals surface area (Å²) in [6.07, 6.45) is 0.536. The molecule has 0 saturated carbocycles. The van der Waals surface area contributed by atoms with Crippen molar-refractivity contribution < 1.29 is 14.6 Å². The summed E-state index contributed by atoms with van der Waals surface area (Å²) in [6, 6.07) is 17.6. The van der Waals surface area contributed by atoms with E-state index in [-0.39, 0.29) is 22.1 Å². The van der Waals surface area contributed by atoms with E-state index < -0.39 is 11.4 Å². The van der Waals surface area contributed by atoms with E-state index in [1.807, 2.05) is 6.92 Å². The Morgan fingerprint density at radius 2 is 1.55 bits per heavy atom. The standard InChI is InChI=1S/C23H18ClFN2O2/c1-2-18-22(14-6-10-16(28)11-7-14)26-27-23(18,15-8-12-17(29)13-9-15)21-19(24)4-3-5-20(21)25/h3-13,28-29H,2H2,1H3. The SMILES string of the molecule is CCC1=C(c2ccc(O)cc2)N=NC1(c1ccc(O)cc1)c1c(F)cccc1Cl. The maximum absolute atomic E-state index is 15.1. The maximum Gasteiger partial charge on any atom is 0.160 e. The Hall–Kier alpha value is -3.18. The Bertz CT molecular complexity index is 1100. The Kier molecular flexibility index (Phi) is 4.84. The molecule has 3 aromatic rings. The van der Waals surface area contributed by atoms with Gasteiger partial charge in [0, 0.05) is 16.1 Å². The van der Waals surface area contributed by atoms with Crippen molar-refractivity contribution in [2.75, 3.05) is 0 Å². The van der Waals surface area contributed by atoms with E-state index in [1.165, 1.54) is 18.2 Å². The summed E-state index contributed by atoms with van der Waals surface area (Å²) >= 11 is 6.47. The van der Waals surface area contributed by atoms with Gasteiger partial charge in [-0.25, -0.2) is 4.39 Å².